The number of phenolic OH excluding ortho intramolecular Hbond substituents is 1. The number of hydrogen-bond donors (Lipinski definition) is 3. The van der Waals surface area contributed by atoms with E-state index in [0.29, 0.717) is 18.2 Å². The molecule has 0 bridgehead atoms. The summed E-state index contributed by atoms with van der Waals surface area (Å²) in [6, 6.07) is 13.2. The second-order valence-corrected chi connectivity index (χ2v) is 5.80. The molecule has 1 aliphatic carbocycles. The summed E-state index contributed by atoms with van der Waals surface area (Å²) in [5.41, 5.74) is 3.81. The Morgan fingerprint density at radius 2 is 1.91 bits per heavy atom. The molecular formula is C18H20N2O2. The highest BCUT2D eigenvalue weighted by Gasteiger charge is 2.23. The first-order valence-electron chi connectivity index (χ1n) is 7.55. The van der Waals surface area contributed by atoms with Gasteiger partial charge in [0.1, 0.15) is 5.75 Å². The molecule has 0 saturated heterocycles. The minimum atomic E-state index is -0.00446. The van der Waals surface area contributed by atoms with Gasteiger partial charge in [-0.1, -0.05) is 18.2 Å². The molecular weight excluding hydrogens is 276 g/mol. The van der Waals surface area contributed by atoms with Crippen molar-refractivity contribution in [1.29, 1.82) is 0 Å². The van der Waals surface area contributed by atoms with Crippen LogP contribution in [-0.2, 0) is 6.54 Å². The standard InChI is InChI=1S/C18H20N2O2/c1-12-2-5-14(18(22)20-15-6-7-15)10-17(12)19-11-13-3-8-16(21)9-4-13/h2-5,8-10,15,19,21H,6-7,11H2,1H3,(H,20,22). The van der Waals surface area contributed by atoms with Crippen LogP contribution in [0.1, 0.15) is 34.3 Å². The van der Waals surface area contributed by atoms with E-state index in [-0.39, 0.29) is 11.7 Å². The molecule has 3 N–H and O–H groups in total. The monoisotopic (exact) mass is 296 g/mol. The molecule has 22 heavy (non-hydrogen) atoms. The zero-order valence-corrected chi connectivity index (χ0v) is 12.6. The third-order valence-electron chi connectivity index (χ3n) is 3.83. The molecule has 1 aliphatic rings. The second-order valence-electron chi connectivity index (χ2n) is 5.80. The van der Waals surface area contributed by atoms with E-state index in [4.69, 9.17) is 0 Å². The summed E-state index contributed by atoms with van der Waals surface area (Å²) in [4.78, 5) is 12.1. The van der Waals surface area contributed by atoms with Gasteiger partial charge in [0.2, 0.25) is 0 Å². The predicted molar refractivity (Wildman–Crippen MR) is 87.1 cm³/mol. The number of anilines is 1. The van der Waals surface area contributed by atoms with Crippen LogP contribution in [-0.4, -0.2) is 17.1 Å². The number of carbonyl (C=O) groups excluding carboxylic acids is 1. The van der Waals surface area contributed by atoms with Gasteiger partial charge in [0.25, 0.3) is 5.91 Å². The van der Waals surface area contributed by atoms with Crippen LogP contribution < -0.4 is 10.6 Å². The van der Waals surface area contributed by atoms with E-state index in [1.807, 2.05) is 37.3 Å². The third kappa shape index (κ3) is 3.58. The van der Waals surface area contributed by atoms with Gasteiger partial charge >= 0.3 is 0 Å². The lowest BCUT2D eigenvalue weighted by atomic mass is 10.1. The highest BCUT2D eigenvalue weighted by molar-refractivity contribution is 5.95. The van der Waals surface area contributed by atoms with Gasteiger partial charge in [0.05, 0.1) is 0 Å². The SMILES string of the molecule is Cc1ccc(C(=O)NC2CC2)cc1NCc1ccc(O)cc1. The van der Waals surface area contributed by atoms with E-state index >= 15 is 0 Å². The maximum Gasteiger partial charge on any atom is 0.251 e. The number of amides is 1. The number of aromatic hydroxyl groups is 1. The van der Waals surface area contributed by atoms with Crippen molar-refractivity contribution < 1.29 is 9.90 Å². The molecule has 4 nitrogen and oxygen atoms in total. The summed E-state index contributed by atoms with van der Waals surface area (Å²) in [5.74, 6) is 0.258. The van der Waals surface area contributed by atoms with E-state index in [9.17, 15) is 9.90 Å². The largest absolute Gasteiger partial charge is 0.508 e. The predicted octanol–water partition coefficient (Wildman–Crippen LogP) is 3.20. The first-order valence-corrected chi connectivity index (χ1v) is 7.55. The fourth-order valence-electron chi connectivity index (χ4n) is 2.26. The molecule has 2 aromatic rings. The lowest BCUT2D eigenvalue weighted by molar-refractivity contribution is 0.0951. The lowest BCUT2D eigenvalue weighted by Crippen LogP contribution is -2.25. The molecule has 0 aliphatic heterocycles. The average molecular weight is 296 g/mol. The fraction of sp³-hybridized carbons (Fsp3) is 0.278. The van der Waals surface area contributed by atoms with Crippen molar-refractivity contribution in [2.75, 3.05) is 5.32 Å². The number of carbonyl (C=O) groups is 1. The van der Waals surface area contributed by atoms with Crippen molar-refractivity contribution in [2.45, 2.75) is 32.4 Å². The molecule has 4 heteroatoms. The molecule has 0 radical (unpaired) electrons. The van der Waals surface area contributed by atoms with Gasteiger partial charge in [0, 0.05) is 23.8 Å². The molecule has 3 rings (SSSR count). The summed E-state index contributed by atoms with van der Waals surface area (Å²) in [5, 5.41) is 15.6. The number of rotatable bonds is 5. The van der Waals surface area contributed by atoms with Crippen LogP contribution in [0.5, 0.6) is 5.75 Å². The van der Waals surface area contributed by atoms with Crippen molar-refractivity contribution in [3.05, 3.63) is 59.2 Å². The average Bonchev–Trinajstić information content (AvgIpc) is 3.32. The fourth-order valence-corrected chi connectivity index (χ4v) is 2.26. The smallest absolute Gasteiger partial charge is 0.251 e. The molecule has 1 saturated carbocycles. The number of nitrogens with one attached hydrogen (secondary N) is 2. The van der Waals surface area contributed by atoms with Crippen molar-refractivity contribution in [2.24, 2.45) is 0 Å². The van der Waals surface area contributed by atoms with Crippen molar-refractivity contribution in [3.8, 4) is 5.75 Å². The second kappa shape index (κ2) is 6.10. The summed E-state index contributed by atoms with van der Waals surface area (Å²) in [6.45, 7) is 2.66. The van der Waals surface area contributed by atoms with Crippen LogP contribution in [0.4, 0.5) is 5.69 Å². The van der Waals surface area contributed by atoms with Crippen LogP contribution >= 0.6 is 0 Å². The van der Waals surface area contributed by atoms with Crippen LogP contribution in [0.25, 0.3) is 0 Å². The first-order chi connectivity index (χ1) is 10.6. The Morgan fingerprint density at radius 1 is 1.18 bits per heavy atom. The van der Waals surface area contributed by atoms with Gasteiger partial charge in [-0.3, -0.25) is 4.79 Å². The van der Waals surface area contributed by atoms with Crippen molar-refractivity contribution in [1.82, 2.24) is 5.32 Å². The number of aryl methyl sites for hydroxylation is 1. The minimum Gasteiger partial charge on any atom is -0.508 e. The molecule has 114 valence electrons. The molecule has 0 unspecified atom stereocenters. The van der Waals surface area contributed by atoms with Gasteiger partial charge in [-0.15, -0.1) is 0 Å². The maximum absolute atomic E-state index is 12.1. The highest BCUT2D eigenvalue weighted by atomic mass is 16.3. The first kappa shape index (κ1) is 14.4. The summed E-state index contributed by atoms with van der Waals surface area (Å²) >= 11 is 0. The van der Waals surface area contributed by atoms with Crippen LogP contribution in [0.2, 0.25) is 0 Å². The number of hydrogen-bond acceptors (Lipinski definition) is 3. The Kier molecular flexibility index (Phi) is 4.00. The van der Waals surface area contributed by atoms with Crippen LogP contribution in [0.3, 0.4) is 0 Å². The quantitative estimate of drug-likeness (QED) is 0.794. The van der Waals surface area contributed by atoms with Crippen LogP contribution in [0, 0.1) is 6.92 Å². The summed E-state index contributed by atoms with van der Waals surface area (Å²) in [6.07, 6.45) is 2.17. The molecule has 0 atom stereocenters. The topological polar surface area (TPSA) is 61.4 Å². The Balaban J connectivity index is 1.69. The van der Waals surface area contributed by atoms with E-state index in [1.165, 1.54) is 0 Å². The van der Waals surface area contributed by atoms with Gasteiger partial charge in [0.15, 0.2) is 0 Å². The van der Waals surface area contributed by atoms with Gasteiger partial charge in [-0.05, 0) is 55.2 Å². The lowest BCUT2D eigenvalue weighted by Gasteiger charge is -2.12. The molecule has 1 amide bonds. The minimum absolute atomic E-state index is 0.00446. The molecule has 1 fully saturated rings. The molecule has 0 spiro atoms. The summed E-state index contributed by atoms with van der Waals surface area (Å²) < 4.78 is 0. The van der Waals surface area contributed by atoms with Gasteiger partial charge < -0.3 is 15.7 Å². The van der Waals surface area contributed by atoms with E-state index in [2.05, 4.69) is 10.6 Å². The van der Waals surface area contributed by atoms with Crippen molar-refractivity contribution in [3.63, 3.8) is 0 Å². The van der Waals surface area contributed by atoms with Gasteiger partial charge in [-0.2, -0.15) is 0 Å². The van der Waals surface area contributed by atoms with Crippen LogP contribution in [0.15, 0.2) is 42.5 Å². The molecule has 0 aromatic heterocycles. The molecule has 0 heterocycles. The zero-order valence-electron chi connectivity index (χ0n) is 12.6. The zero-order chi connectivity index (χ0) is 15.5. The molecule has 2 aromatic carbocycles. The Labute approximate surface area is 130 Å². The highest BCUT2D eigenvalue weighted by Crippen LogP contribution is 2.22. The van der Waals surface area contributed by atoms with E-state index < -0.39 is 0 Å². The Bertz CT molecular complexity index is 676. The normalized spacial score (nSPS) is 13.7. The number of benzene rings is 2. The maximum atomic E-state index is 12.1. The Morgan fingerprint density at radius 3 is 2.59 bits per heavy atom. The van der Waals surface area contributed by atoms with E-state index in [1.54, 1.807) is 12.1 Å². The van der Waals surface area contributed by atoms with Crippen molar-refractivity contribution >= 4 is 11.6 Å². The summed E-state index contributed by atoms with van der Waals surface area (Å²) in [7, 11) is 0. The number of phenols is 1. The third-order valence-corrected chi connectivity index (χ3v) is 3.83. The van der Waals surface area contributed by atoms with Gasteiger partial charge in [-0.25, -0.2) is 0 Å². The Hall–Kier alpha value is -2.49. The van der Waals surface area contributed by atoms with E-state index in [0.717, 1.165) is 29.7 Å².